The monoisotopic (exact) mass is 295 g/mol. The number of methoxy groups -OCH3 is 1. The third-order valence-corrected chi connectivity index (χ3v) is 3.25. The molecule has 0 fully saturated rings. The SMILES string of the molecule is CCC(Nc1cc(F)c(F)c(F)c1)c1ccccc1OC. The second-order valence-electron chi connectivity index (χ2n) is 4.60. The van der Waals surface area contributed by atoms with Gasteiger partial charge in [-0.3, -0.25) is 0 Å². The zero-order chi connectivity index (χ0) is 15.4. The molecule has 1 N–H and O–H groups in total. The van der Waals surface area contributed by atoms with Crippen LogP contribution < -0.4 is 10.1 Å². The molecule has 1 atom stereocenters. The fraction of sp³-hybridized carbons (Fsp3) is 0.250. The van der Waals surface area contributed by atoms with Gasteiger partial charge in [0.1, 0.15) is 5.75 Å². The molecule has 0 aliphatic rings. The molecule has 2 aromatic carbocycles. The zero-order valence-corrected chi connectivity index (χ0v) is 11.8. The Bertz CT molecular complexity index is 608. The third kappa shape index (κ3) is 3.29. The average molecular weight is 295 g/mol. The van der Waals surface area contributed by atoms with E-state index >= 15 is 0 Å². The van der Waals surface area contributed by atoms with Crippen LogP contribution in [-0.4, -0.2) is 7.11 Å². The van der Waals surface area contributed by atoms with E-state index in [0.717, 1.165) is 17.7 Å². The van der Waals surface area contributed by atoms with Gasteiger partial charge in [0.25, 0.3) is 0 Å². The Hall–Kier alpha value is -2.17. The highest BCUT2D eigenvalue weighted by Gasteiger charge is 2.16. The van der Waals surface area contributed by atoms with E-state index in [1.54, 1.807) is 7.11 Å². The van der Waals surface area contributed by atoms with Crippen molar-refractivity contribution in [3.63, 3.8) is 0 Å². The molecule has 0 aliphatic carbocycles. The molecule has 5 heteroatoms. The van der Waals surface area contributed by atoms with Crippen LogP contribution in [0, 0.1) is 17.5 Å². The van der Waals surface area contributed by atoms with E-state index in [4.69, 9.17) is 4.74 Å². The summed E-state index contributed by atoms with van der Waals surface area (Å²) < 4.78 is 44.8. The van der Waals surface area contributed by atoms with Crippen molar-refractivity contribution < 1.29 is 17.9 Å². The smallest absolute Gasteiger partial charge is 0.194 e. The standard InChI is InChI=1S/C16H16F3NO/c1-3-14(11-6-4-5-7-15(11)21-2)20-10-8-12(17)16(19)13(18)9-10/h4-9,14,20H,3H2,1-2H3. The second-order valence-corrected chi connectivity index (χ2v) is 4.60. The van der Waals surface area contributed by atoms with Gasteiger partial charge >= 0.3 is 0 Å². The van der Waals surface area contributed by atoms with Crippen molar-refractivity contribution in [2.24, 2.45) is 0 Å². The number of rotatable bonds is 5. The van der Waals surface area contributed by atoms with Crippen LogP contribution in [0.4, 0.5) is 18.9 Å². The fourth-order valence-electron chi connectivity index (χ4n) is 2.19. The lowest BCUT2D eigenvalue weighted by atomic mass is 10.0. The minimum Gasteiger partial charge on any atom is -0.496 e. The molecule has 112 valence electrons. The molecular formula is C16H16F3NO. The number of benzene rings is 2. The largest absolute Gasteiger partial charge is 0.496 e. The number of halogens is 3. The maximum absolute atomic E-state index is 13.3. The lowest BCUT2D eigenvalue weighted by Gasteiger charge is -2.21. The molecule has 0 aliphatic heterocycles. The van der Waals surface area contributed by atoms with E-state index in [0.29, 0.717) is 12.2 Å². The van der Waals surface area contributed by atoms with E-state index in [9.17, 15) is 13.2 Å². The molecule has 2 nitrogen and oxygen atoms in total. The molecule has 1 unspecified atom stereocenters. The first-order valence-electron chi connectivity index (χ1n) is 6.60. The summed E-state index contributed by atoms with van der Waals surface area (Å²) in [4.78, 5) is 0. The first kappa shape index (κ1) is 15.2. The first-order chi connectivity index (χ1) is 10.1. The van der Waals surface area contributed by atoms with E-state index in [-0.39, 0.29) is 11.7 Å². The van der Waals surface area contributed by atoms with Crippen LogP contribution in [0.5, 0.6) is 5.75 Å². The Morgan fingerprint density at radius 1 is 1.10 bits per heavy atom. The van der Waals surface area contributed by atoms with Gasteiger partial charge in [0.05, 0.1) is 13.2 Å². The summed E-state index contributed by atoms with van der Waals surface area (Å²) in [6.07, 6.45) is 0.668. The summed E-state index contributed by atoms with van der Waals surface area (Å²) in [5, 5.41) is 3.00. The molecule has 0 bridgehead atoms. The topological polar surface area (TPSA) is 21.3 Å². The highest BCUT2D eigenvalue weighted by Crippen LogP contribution is 2.30. The molecule has 0 radical (unpaired) electrons. The molecule has 2 rings (SSSR count). The van der Waals surface area contributed by atoms with Crippen LogP contribution in [0.25, 0.3) is 0 Å². The minimum atomic E-state index is -1.47. The van der Waals surface area contributed by atoms with E-state index in [1.165, 1.54) is 0 Å². The molecule has 0 aromatic heterocycles. The molecule has 0 saturated carbocycles. The predicted octanol–water partition coefficient (Wildman–Crippen LogP) is 4.68. The first-order valence-corrected chi connectivity index (χ1v) is 6.60. The maximum Gasteiger partial charge on any atom is 0.194 e. The van der Waals surface area contributed by atoms with Crippen molar-refractivity contribution in [1.82, 2.24) is 0 Å². The van der Waals surface area contributed by atoms with Crippen molar-refractivity contribution in [3.8, 4) is 5.75 Å². The third-order valence-electron chi connectivity index (χ3n) is 3.25. The van der Waals surface area contributed by atoms with Crippen LogP contribution in [0.2, 0.25) is 0 Å². The Morgan fingerprint density at radius 3 is 2.29 bits per heavy atom. The van der Waals surface area contributed by atoms with Crippen molar-refractivity contribution in [2.75, 3.05) is 12.4 Å². The molecule has 0 amide bonds. The molecule has 0 saturated heterocycles. The van der Waals surface area contributed by atoms with Gasteiger partial charge in [0, 0.05) is 23.4 Å². The predicted molar refractivity (Wildman–Crippen MR) is 76.0 cm³/mol. The van der Waals surface area contributed by atoms with Gasteiger partial charge < -0.3 is 10.1 Å². The van der Waals surface area contributed by atoms with Gasteiger partial charge in [-0.1, -0.05) is 25.1 Å². The number of anilines is 1. The van der Waals surface area contributed by atoms with Crippen LogP contribution in [0.15, 0.2) is 36.4 Å². The molecule has 0 heterocycles. The van der Waals surface area contributed by atoms with Crippen molar-refractivity contribution in [1.29, 1.82) is 0 Å². The summed E-state index contributed by atoms with van der Waals surface area (Å²) in [5.41, 5.74) is 1.05. The number of ether oxygens (including phenoxy) is 1. The maximum atomic E-state index is 13.3. The van der Waals surface area contributed by atoms with Crippen LogP contribution in [-0.2, 0) is 0 Å². The van der Waals surface area contributed by atoms with E-state index in [1.807, 2.05) is 31.2 Å². The van der Waals surface area contributed by atoms with Gasteiger partial charge in [0.2, 0.25) is 0 Å². The molecule has 0 spiro atoms. The Balaban J connectivity index is 2.31. The van der Waals surface area contributed by atoms with Gasteiger partial charge in [-0.25, -0.2) is 13.2 Å². The Labute approximate surface area is 121 Å². The van der Waals surface area contributed by atoms with Crippen molar-refractivity contribution in [3.05, 3.63) is 59.4 Å². The van der Waals surface area contributed by atoms with Crippen LogP contribution >= 0.6 is 0 Å². The lowest BCUT2D eigenvalue weighted by molar-refractivity contribution is 0.406. The van der Waals surface area contributed by atoms with Gasteiger partial charge in [-0.15, -0.1) is 0 Å². The molecule has 2 aromatic rings. The Morgan fingerprint density at radius 2 is 1.71 bits per heavy atom. The summed E-state index contributed by atoms with van der Waals surface area (Å²) in [5.74, 6) is -3.22. The molecular weight excluding hydrogens is 279 g/mol. The second kappa shape index (κ2) is 6.52. The van der Waals surface area contributed by atoms with Crippen LogP contribution in [0.3, 0.4) is 0 Å². The van der Waals surface area contributed by atoms with E-state index < -0.39 is 17.5 Å². The van der Waals surface area contributed by atoms with E-state index in [2.05, 4.69) is 5.32 Å². The van der Waals surface area contributed by atoms with Gasteiger partial charge in [-0.05, 0) is 12.5 Å². The number of nitrogens with one attached hydrogen (secondary N) is 1. The summed E-state index contributed by atoms with van der Waals surface area (Å²) in [7, 11) is 1.56. The summed E-state index contributed by atoms with van der Waals surface area (Å²) in [6.45, 7) is 1.93. The average Bonchev–Trinajstić information content (AvgIpc) is 2.50. The van der Waals surface area contributed by atoms with Crippen molar-refractivity contribution in [2.45, 2.75) is 19.4 Å². The van der Waals surface area contributed by atoms with Crippen molar-refractivity contribution >= 4 is 5.69 Å². The quantitative estimate of drug-likeness (QED) is 0.809. The number of hydrogen-bond donors (Lipinski definition) is 1. The minimum absolute atomic E-state index is 0.184. The van der Waals surface area contributed by atoms with Crippen LogP contribution in [0.1, 0.15) is 24.9 Å². The highest BCUT2D eigenvalue weighted by molar-refractivity contribution is 5.48. The van der Waals surface area contributed by atoms with Gasteiger partial charge in [0.15, 0.2) is 17.5 Å². The lowest BCUT2D eigenvalue weighted by Crippen LogP contribution is -2.11. The number of para-hydroxylation sites is 1. The summed E-state index contributed by atoms with van der Waals surface area (Å²) in [6, 6.07) is 9.06. The fourth-order valence-corrected chi connectivity index (χ4v) is 2.19. The zero-order valence-electron chi connectivity index (χ0n) is 11.8. The molecule has 21 heavy (non-hydrogen) atoms. The summed E-state index contributed by atoms with van der Waals surface area (Å²) >= 11 is 0. The number of hydrogen-bond acceptors (Lipinski definition) is 2. The Kier molecular flexibility index (Phi) is 4.73. The normalized spacial score (nSPS) is 12.0. The highest BCUT2D eigenvalue weighted by atomic mass is 19.2. The van der Waals surface area contributed by atoms with Gasteiger partial charge in [-0.2, -0.15) is 0 Å².